The second-order valence-electron chi connectivity index (χ2n) is 6.59. The topological polar surface area (TPSA) is 86.5 Å². The molecule has 0 unspecified atom stereocenters. The summed E-state index contributed by atoms with van der Waals surface area (Å²) in [6, 6.07) is 5.55. The van der Waals surface area contributed by atoms with Gasteiger partial charge in [-0.05, 0) is 43.5 Å². The fourth-order valence-electron chi connectivity index (χ4n) is 3.39. The van der Waals surface area contributed by atoms with Crippen molar-refractivity contribution in [2.75, 3.05) is 13.7 Å². The van der Waals surface area contributed by atoms with Crippen LogP contribution in [0.2, 0.25) is 0 Å². The predicted molar refractivity (Wildman–Crippen MR) is 101 cm³/mol. The first-order chi connectivity index (χ1) is 13.1. The van der Waals surface area contributed by atoms with Crippen molar-refractivity contribution in [1.82, 2.24) is 15.5 Å². The Morgan fingerprint density at radius 1 is 1.33 bits per heavy atom. The molecule has 27 heavy (non-hydrogen) atoms. The first-order valence-corrected chi connectivity index (χ1v) is 9.18. The Kier molecular flexibility index (Phi) is 5.78. The van der Waals surface area contributed by atoms with E-state index < -0.39 is 5.54 Å². The van der Waals surface area contributed by atoms with Gasteiger partial charge in [0.15, 0.2) is 17.3 Å². The Morgan fingerprint density at radius 3 is 2.74 bits per heavy atom. The average Bonchev–Trinajstić information content (AvgIpc) is 3.31. The number of nitrogens with zero attached hydrogens (tertiary/aromatic N) is 2. The summed E-state index contributed by atoms with van der Waals surface area (Å²) in [5, 5.41) is 7.12. The first-order valence-electron chi connectivity index (χ1n) is 9.18. The molecule has 0 atom stereocenters. The predicted octanol–water partition coefficient (Wildman–Crippen LogP) is 3.38. The third-order valence-electron chi connectivity index (χ3n) is 4.69. The zero-order valence-corrected chi connectivity index (χ0v) is 15.9. The van der Waals surface area contributed by atoms with E-state index in [2.05, 4.69) is 15.5 Å². The van der Waals surface area contributed by atoms with Gasteiger partial charge in [0.25, 0.3) is 0 Å². The molecule has 0 radical (unpaired) electrons. The van der Waals surface area contributed by atoms with Crippen LogP contribution in [-0.4, -0.2) is 29.8 Å². The molecular formula is C20H25N3O4. The molecule has 2 aromatic rings. The molecule has 1 heterocycles. The van der Waals surface area contributed by atoms with E-state index in [0.29, 0.717) is 29.8 Å². The normalized spacial score (nSPS) is 15.8. The lowest BCUT2D eigenvalue weighted by atomic mass is 9.96. The molecule has 144 valence electrons. The van der Waals surface area contributed by atoms with E-state index in [1.807, 2.05) is 25.1 Å². The van der Waals surface area contributed by atoms with E-state index in [0.717, 1.165) is 31.2 Å². The molecule has 1 aromatic heterocycles. The minimum absolute atomic E-state index is 0.188. The average molecular weight is 371 g/mol. The Morgan fingerprint density at radius 2 is 2.11 bits per heavy atom. The van der Waals surface area contributed by atoms with Crippen molar-refractivity contribution in [1.29, 1.82) is 0 Å². The van der Waals surface area contributed by atoms with Gasteiger partial charge in [-0.3, -0.25) is 4.79 Å². The Hall–Kier alpha value is -2.83. The minimum atomic E-state index is -0.546. The number of hydrogen-bond donors (Lipinski definition) is 1. The second kappa shape index (κ2) is 8.24. The van der Waals surface area contributed by atoms with Crippen molar-refractivity contribution < 1.29 is 18.8 Å². The first kappa shape index (κ1) is 18.9. The molecule has 1 amide bonds. The fourth-order valence-corrected chi connectivity index (χ4v) is 3.39. The Balaban J connectivity index is 1.72. The lowest BCUT2D eigenvalue weighted by molar-refractivity contribution is -0.118. The smallest absolute Gasteiger partial charge is 0.244 e. The molecule has 0 spiro atoms. The molecule has 7 nitrogen and oxygen atoms in total. The van der Waals surface area contributed by atoms with Crippen molar-refractivity contribution in [3.05, 3.63) is 41.6 Å². The number of methoxy groups -OCH3 is 1. The van der Waals surface area contributed by atoms with E-state index in [4.69, 9.17) is 14.0 Å². The van der Waals surface area contributed by atoms with Crippen LogP contribution in [-0.2, 0) is 10.3 Å². The van der Waals surface area contributed by atoms with Crippen LogP contribution in [0.3, 0.4) is 0 Å². The van der Waals surface area contributed by atoms with Crippen LogP contribution >= 0.6 is 0 Å². The molecule has 1 fully saturated rings. The van der Waals surface area contributed by atoms with Crippen LogP contribution in [0.25, 0.3) is 6.08 Å². The summed E-state index contributed by atoms with van der Waals surface area (Å²) in [6.07, 6.45) is 6.92. The number of rotatable bonds is 7. The molecule has 1 saturated carbocycles. The van der Waals surface area contributed by atoms with E-state index >= 15 is 0 Å². The highest BCUT2D eigenvalue weighted by atomic mass is 16.5. The van der Waals surface area contributed by atoms with Crippen molar-refractivity contribution in [3.8, 4) is 11.5 Å². The number of amides is 1. The van der Waals surface area contributed by atoms with E-state index in [1.54, 1.807) is 20.1 Å². The van der Waals surface area contributed by atoms with Crippen molar-refractivity contribution in [2.24, 2.45) is 0 Å². The maximum Gasteiger partial charge on any atom is 0.244 e. The van der Waals surface area contributed by atoms with Gasteiger partial charge in [-0.25, -0.2) is 0 Å². The van der Waals surface area contributed by atoms with Crippen LogP contribution in [0.15, 0.2) is 28.8 Å². The molecule has 0 bridgehead atoms. The number of carbonyl (C=O) groups is 1. The largest absolute Gasteiger partial charge is 0.493 e. The van der Waals surface area contributed by atoms with Gasteiger partial charge in [0.05, 0.1) is 13.7 Å². The van der Waals surface area contributed by atoms with Gasteiger partial charge >= 0.3 is 0 Å². The van der Waals surface area contributed by atoms with E-state index in [1.165, 1.54) is 6.08 Å². The fraction of sp³-hybridized carbons (Fsp3) is 0.450. The van der Waals surface area contributed by atoms with Crippen molar-refractivity contribution >= 4 is 12.0 Å². The third-order valence-corrected chi connectivity index (χ3v) is 4.69. The molecule has 0 saturated heterocycles. The van der Waals surface area contributed by atoms with Crippen LogP contribution in [0, 0.1) is 6.92 Å². The number of aryl methyl sites for hydroxylation is 1. The van der Waals surface area contributed by atoms with Gasteiger partial charge in [-0.2, -0.15) is 4.98 Å². The molecule has 3 rings (SSSR count). The number of aromatic nitrogens is 2. The van der Waals surface area contributed by atoms with Gasteiger partial charge in [0.1, 0.15) is 5.54 Å². The zero-order chi connectivity index (χ0) is 19.3. The van der Waals surface area contributed by atoms with Gasteiger partial charge < -0.3 is 19.3 Å². The number of hydrogen-bond acceptors (Lipinski definition) is 6. The molecular weight excluding hydrogens is 346 g/mol. The highest BCUT2D eigenvalue weighted by Gasteiger charge is 2.40. The summed E-state index contributed by atoms with van der Waals surface area (Å²) < 4.78 is 16.0. The summed E-state index contributed by atoms with van der Waals surface area (Å²) in [5.41, 5.74) is 0.303. The molecule has 0 aliphatic heterocycles. The van der Waals surface area contributed by atoms with Gasteiger partial charge in [-0.15, -0.1) is 0 Å². The van der Waals surface area contributed by atoms with Crippen molar-refractivity contribution in [3.63, 3.8) is 0 Å². The number of benzene rings is 1. The van der Waals surface area contributed by atoms with Gasteiger partial charge in [-0.1, -0.05) is 24.1 Å². The summed E-state index contributed by atoms with van der Waals surface area (Å²) in [7, 11) is 1.59. The highest BCUT2D eigenvalue weighted by molar-refractivity contribution is 5.92. The lowest BCUT2D eigenvalue weighted by Gasteiger charge is -2.25. The quantitative estimate of drug-likeness (QED) is 0.751. The second-order valence-corrected chi connectivity index (χ2v) is 6.59. The standard InChI is InChI=1S/C20H25N3O4/c1-4-26-16-9-7-15(13-17(16)25-3)8-10-18(24)22-20(11-5-6-12-20)19-21-14(2)27-23-19/h7-10,13H,4-6,11-12H2,1-3H3,(H,22,24). The monoisotopic (exact) mass is 371 g/mol. The number of carbonyl (C=O) groups excluding carboxylic acids is 1. The summed E-state index contributed by atoms with van der Waals surface area (Å²) in [6.45, 7) is 4.23. The summed E-state index contributed by atoms with van der Waals surface area (Å²) >= 11 is 0. The molecule has 1 N–H and O–H groups in total. The zero-order valence-electron chi connectivity index (χ0n) is 15.9. The molecule has 1 aliphatic rings. The third kappa shape index (κ3) is 4.30. The summed E-state index contributed by atoms with van der Waals surface area (Å²) in [5.74, 6) is 2.18. The van der Waals surface area contributed by atoms with Gasteiger partial charge in [0.2, 0.25) is 11.8 Å². The maximum atomic E-state index is 12.5. The van der Waals surface area contributed by atoms with Crippen LogP contribution < -0.4 is 14.8 Å². The Bertz CT molecular complexity index is 822. The number of nitrogens with one attached hydrogen (secondary N) is 1. The Labute approximate surface area is 158 Å². The summed E-state index contributed by atoms with van der Waals surface area (Å²) in [4.78, 5) is 16.9. The SMILES string of the molecule is CCOc1ccc(C=CC(=O)NC2(c3noc(C)n3)CCCC2)cc1OC. The molecule has 1 aliphatic carbocycles. The van der Waals surface area contributed by atoms with Crippen LogP contribution in [0.4, 0.5) is 0 Å². The van der Waals surface area contributed by atoms with Crippen molar-refractivity contribution in [2.45, 2.75) is 45.1 Å². The van der Waals surface area contributed by atoms with Crippen LogP contribution in [0.5, 0.6) is 11.5 Å². The van der Waals surface area contributed by atoms with E-state index in [-0.39, 0.29) is 5.91 Å². The maximum absolute atomic E-state index is 12.5. The number of ether oxygens (including phenoxy) is 2. The molecule has 1 aromatic carbocycles. The van der Waals surface area contributed by atoms with E-state index in [9.17, 15) is 4.79 Å². The minimum Gasteiger partial charge on any atom is -0.493 e. The molecule has 7 heteroatoms. The highest BCUT2D eigenvalue weighted by Crippen LogP contribution is 2.37. The lowest BCUT2D eigenvalue weighted by Crippen LogP contribution is -2.44. The van der Waals surface area contributed by atoms with Crippen LogP contribution in [0.1, 0.15) is 49.9 Å². The van der Waals surface area contributed by atoms with Gasteiger partial charge in [0, 0.05) is 13.0 Å².